The van der Waals surface area contributed by atoms with Crippen LogP contribution in [0.5, 0.6) is 11.5 Å². The lowest BCUT2D eigenvalue weighted by molar-refractivity contribution is -0.137. The molecule has 1 aromatic carbocycles. The van der Waals surface area contributed by atoms with Gasteiger partial charge in [-0.2, -0.15) is 0 Å². The molecular formula is C31H37NO6S2. The molecule has 5 atom stereocenters. The highest BCUT2D eigenvalue weighted by Gasteiger charge is 2.48. The van der Waals surface area contributed by atoms with E-state index in [1.807, 2.05) is 23.1 Å². The van der Waals surface area contributed by atoms with Gasteiger partial charge in [-0.15, -0.1) is 0 Å². The van der Waals surface area contributed by atoms with Crippen LogP contribution >= 0.6 is 24.0 Å². The fourth-order valence-electron chi connectivity index (χ4n) is 7.01. The molecule has 2 heterocycles. The normalized spacial score (nSPS) is 27.4. The minimum atomic E-state index is -0.897. The highest BCUT2D eigenvalue weighted by atomic mass is 32.2. The lowest BCUT2D eigenvalue weighted by atomic mass is 9.61. The summed E-state index contributed by atoms with van der Waals surface area (Å²) in [7, 11) is 3.16. The summed E-state index contributed by atoms with van der Waals surface area (Å²) in [6.45, 7) is 4.56. The van der Waals surface area contributed by atoms with Gasteiger partial charge in [-0.05, 0) is 79.5 Å². The predicted molar refractivity (Wildman–Crippen MR) is 160 cm³/mol. The molecule has 0 radical (unpaired) electrons. The van der Waals surface area contributed by atoms with Crippen LogP contribution in [0.4, 0.5) is 0 Å². The Balaban J connectivity index is 1.48. The van der Waals surface area contributed by atoms with Crippen molar-refractivity contribution in [2.24, 2.45) is 23.7 Å². The Bertz CT molecular complexity index is 1310. The van der Waals surface area contributed by atoms with E-state index in [4.69, 9.17) is 26.1 Å². The monoisotopic (exact) mass is 583 g/mol. The Morgan fingerprint density at radius 3 is 2.52 bits per heavy atom. The Kier molecular flexibility index (Phi) is 8.61. The number of methoxy groups -OCH3 is 2. The van der Waals surface area contributed by atoms with Gasteiger partial charge in [0.05, 0.1) is 19.1 Å². The molecule has 214 valence electrons. The van der Waals surface area contributed by atoms with Gasteiger partial charge >= 0.3 is 5.97 Å². The van der Waals surface area contributed by atoms with Crippen molar-refractivity contribution in [1.29, 1.82) is 0 Å². The fraction of sp³-hybridized carbons (Fsp3) is 0.516. The summed E-state index contributed by atoms with van der Waals surface area (Å²) in [4.78, 5) is 27.7. The number of fused-ring (bicyclic) bond motifs is 2. The summed E-state index contributed by atoms with van der Waals surface area (Å²) < 4.78 is 17.7. The molecule has 5 rings (SSSR count). The van der Waals surface area contributed by atoms with Crippen LogP contribution in [0.25, 0.3) is 17.4 Å². The molecule has 2 aliphatic carbocycles. The molecule has 3 aliphatic rings. The number of amides is 1. The lowest BCUT2D eigenvalue weighted by Gasteiger charge is -2.49. The average molecular weight is 584 g/mol. The van der Waals surface area contributed by atoms with E-state index in [1.165, 1.54) is 24.6 Å². The van der Waals surface area contributed by atoms with Crippen LogP contribution in [0.3, 0.4) is 0 Å². The molecule has 2 bridgehead atoms. The number of thiocarbonyl (C=S) groups is 1. The zero-order valence-corrected chi connectivity index (χ0v) is 25.1. The lowest BCUT2D eigenvalue weighted by Crippen LogP contribution is -2.53. The van der Waals surface area contributed by atoms with E-state index < -0.39 is 5.97 Å². The summed E-state index contributed by atoms with van der Waals surface area (Å²) in [5, 5.41) is 9.34. The van der Waals surface area contributed by atoms with Crippen molar-refractivity contribution in [2.75, 3.05) is 14.2 Å². The van der Waals surface area contributed by atoms with Crippen molar-refractivity contribution >= 4 is 46.3 Å². The van der Waals surface area contributed by atoms with Gasteiger partial charge in [0, 0.05) is 30.2 Å². The predicted octanol–water partition coefficient (Wildman–Crippen LogP) is 7.03. The summed E-state index contributed by atoms with van der Waals surface area (Å²) >= 11 is 7.13. The van der Waals surface area contributed by atoms with Crippen molar-refractivity contribution < 1.29 is 28.6 Å². The Morgan fingerprint density at radius 2 is 1.88 bits per heavy atom. The number of hydrogen-bond donors (Lipinski definition) is 1. The molecule has 1 saturated heterocycles. The van der Waals surface area contributed by atoms with Crippen LogP contribution in [0, 0.1) is 23.7 Å². The molecule has 7 nitrogen and oxygen atoms in total. The molecule has 2 saturated carbocycles. The summed E-state index contributed by atoms with van der Waals surface area (Å²) in [5.41, 5.74) is 1.45. The molecule has 2 aromatic rings. The van der Waals surface area contributed by atoms with E-state index in [2.05, 4.69) is 13.8 Å². The van der Waals surface area contributed by atoms with Crippen LogP contribution in [0.2, 0.25) is 0 Å². The number of carbonyl (C=O) groups is 2. The van der Waals surface area contributed by atoms with Gasteiger partial charge in [0.1, 0.15) is 27.3 Å². The number of furan rings is 1. The number of benzene rings is 1. The number of carboxylic acids is 1. The van der Waals surface area contributed by atoms with E-state index >= 15 is 0 Å². The standard InChI is InChI=1S/C31H37NO6S2/c1-5-19-10-18-8-17(2)9-22(11-18)29(19)32-30(35)27(40-31(32)39)16-26-20(6-7-28(33)34)14-25(38-26)21-12-23(36-3)15-24(13-21)37-4/h12-19,22,29H,5-11H2,1-4H3,(H,33,34)/b27-16-. The van der Waals surface area contributed by atoms with Gasteiger partial charge in [0.2, 0.25) is 0 Å². The van der Waals surface area contributed by atoms with E-state index in [1.54, 1.807) is 26.4 Å². The summed E-state index contributed by atoms with van der Waals surface area (Å²) in [5.74, 6) is 3.60. The van der Waals surface area contributed by atoms with Crippen molar-refractivity contribution in [3.63, 3.8) is 0 Å². The average Bonchev–Trinajstić information content (AvgIpc) is 3.46. The number of aliphatic carboxylic acids is 1. The van der Waals surface area contributed by atoms with Crippen molar-refractivity contribution in [3.05, 3.63) is 40.5 Å². The first-order valence-electron chi connectivity index (χ1n) is 14.1. The zero-order valence-electron chi connectivity index (χ0n) is 23.5. The van der Waals surface area contributed by atoms with Crippen LogP contribution in [0.1, 0.15) is 63.7 Å². The molecule has 5 unspecified atom stereocenters. The number of rotatable bonds is 9. The molecular weight excluding hydrogens is 546 g/mol. The number of ether oxygens (including phenoxy) is 2. The topological polar surface area (TPSA) is 89.2 Å². The van der Waals surface area contributed by atoms with Crippen LogP contribution in [0.15, 0.2) is 33.6 Å². The highest BCUT2D eigenvalue weighted by molar-refractivity contribution is 8.26. The third kappa shape index (κ3) is 5.81. The SMILES string of the molecule is CCC1CC2CC(C)CC(C2)C1N1C(=O)/C(=C/c2oc(-c3cc(OC)cc(OC)c3)cc2CCC(=O)O)SC1=S. The zero-order chi connectivity index (χ0) is 28.6. The third-order valence-electron chi connectivity index (χ3n) is 8.67. The van der Waals surface area contributed by atoms with E-state index in [-0.39, 0.29) is 24.8 Å². The van der Waals surface area contributed by atoms with Crippen molar-refractivity contribution in [2.45, 2.75) is 64.8 Å². The largest absolute Gasteiger partial charge is 0.497 e. The van der Waals surface area contributed by atoms with Crippen LogP contribution in [-0.4, -0.2) is 46.5 Å². The van der Waals surface area contributed by atoms with E-state index in [0.29, 0.717) is 50.0 Å². The minimum absolute atomic E-state index is 0.0521. The quantitative estimate of drug-likeness (QED) is 0.249. The first-order chi connectivity index (χ1) is 19.2. The smallest absolute Gasteiger partial charge is 0.303 e. The van der Waals surface area contributed by atoms with Crippen molar-refractivity contribution in [1.82, 2.24) is 4.90 Å². The second-order valence-corrected chi connectivity index (χ2v) is 13.1. The number of hydrogen-bond acceptors (Lipinski definition) is 7. The van der Waals surface area contributed by atoms with Gasteiger partial charge in [-0.1, -0.05) is 44.2 Å². The van der Waals surface area contributed by atoms with E-state index in [9.17, 15) is 14.7 Å². The minimum Gasteiger partial charge on any atom is -0.497 e. The van der Waals surface area contributed by atoms with Gasteiger partial charge in [0.15, 0.2) is 0 Å². The Morgan fingerprint density at radius 1 is 1.15 bits per heavy atom. The first kappa shape index (κ1) is 28.7. The second-order valence-electron chi connectivity index (χ2n) is 11.4. The molecule has 3 fully saturated rings. The van der Waals surface area contributed by atoms with Gasteiger partial charge < -0.3 is 19.0 Å². The maximum Gasteiger partial charge on any atom is 0.303 e. The van der Waals surface area contributed by atoms with Crippen LogP contribution < -0.4 is 9.47 Å². The molecule has 1 aromatic heterocycles. The number of carboxylic acid groups (broad SMARTS) is 1. The molecule has 40 heavy (non-hydrogen) atoms. The molecule has 1 N–H and O–H groups in total. The molecule has 9 heteroatoms. The second kappa shape index (κ2) is 12.0. The highest BCUT2D eigenvalue weighted by Crippen LogP contribution is 2.50. The van der Waals surface area contributed by atoms with Gasteiger partial charge in [0.25, 0.3) is 5.91 Å². The molecule has 0 spiro atoms. The Hall–Kier alpha value is -2.78. The number of thioether (sulfide) groups is 1. The van der Waals surface area contributed by atoms with Gasteiger partial charge in [-0.3, -0.25) is 14.5 Å². The number of carbonyl (C=O) groups excluding carboxylic acids is 1. The third-order valence-corrected chi connectivity index (χ3v) is 10.0. The number of nitrogens with zero attached hydrogens (tertiary/aromatic N) is 1. The fourth-order valence-corrected chi connectivity index (χ4v) is 8.32. The molecule has 1 aliphatic heterocycles. The summed E-state index contributed by atoms with van der Waals surface area (Å²) in [6.07, 6.45) is 7.75. The number of aryl methyl sites for hydroxylation is 1. The summed E-state index contributed by atoms with van der Waals surface area (Å²) in [6, 6.07) is 7.40. The van der Waals surface area contributed by atoms with Gasteiger partial charge in [-0.25, -0.2) is 0 Å². The van der Waals surface area contributed by atoms with E-state index in [0.717, 1.165) is 36.3 Å². The van der Waals surface area contributed by atoms with Crippen molar-refractivity contribution in [3.8, 4) is 22.8 Å². The maximum atomic E-state index is 13.9. The first-order valence-corrected chi connectivity index (χ1v) is 15.3. The molecule has 1 amide bonds. The van der Waals surface area contributed by atoms with Crippen LogP contribution in [-0.2, 0) is 16.0 Å². The Labute approximate surface area is 245 Å². The maximum absolute atomic E-state index is 13.9.